The number of anilines is 3. The second-order valence-corrected chi connectivity index (χ2v) is 7.03. The second kappa shape index (κ2) is 5.96. The van der Waals surface area contributed by atoms with Crippen molar-refractivity contribution in [1.29, 1.82) is 0 Å². The van der Waals surface area contributed by atoms with Gasteiger partial charge in [0.05, 0.1) is 18.1 Å². The lowest BCUT2D eigenvalue weighted by molar-refractivity contribution is 0.659. The molecule has 0 amide bonds. The predicted octanol–water partition coefficient (Wildman–Crippen LogP) is 3.99. The Morgan fingerprint density at radius 2 is 2.00 bits per heavy atom. The van der Waals surface area contributed by atoms with Crippen molar-refractivity contribution >= 4 is 29.1 Å². The van der Waals surface area contributed by atoms with E-state index < -0.39 is 0 Å². The molecule has 5 nitrogen and oxygen atoms in total. The van der Waals surface area contributed by atoms with E-state index in [0.29, 0.717) is 28.5 Å². The molecule has 1 unspecified atom stereocenters. The Hall–Kier alpha value is -1.88. The number of halogens is 1. The van der Waals surface area contributed by atoms with Crippen molar-refractivity contribution in [2.45, 2.75) is 32.1 Å². The molecular weight excluding hydrogens is 310 g/mol. The minimum absolute atomic E-state index is 0.615. The SMILES string of the molecule is CC1CCN(c2cc(Cl)cc(Nc3cnc(C4CC4)cn3)n2)C1. The van der Waals surface area contributed by atoms with Crippen molar-refractivity contribution in [3.8, 4) is 0 Å². The van der Waals surface area contributed by atoms with Gasteiger partial charge in [-0.05, 0) is 37.3 Å². The lowest BCUT2D eigenvalue weighted by atomic mass is 10.2. The van der Waals surface area contributed by atoms with Crippen LogP contribution in [0.15, 0.2) is 24.5 Å². The topological polar surface area (TPSA) is 53.9 Å². The molecule has 1 aliphatic carbocycles. The molecule has 1 N–H and O–H groups in total. The standard InChI is InChI=1S/C17H20ClN5/c1-11-4-5-23(10-11)17-7-13(18)6-15(22-17)21-16-9-19-14(8-20-16)12-2-3-12/h6-9,11-12H,2-5,10H2,1H3,(H,20,21,22). The van der Waals surface area contributed by atoms with Crippen LogP contribution in [-0.2, 0) is 0 Å². The summed E-state index contributed by atoms with van der Waals surface area (Å²) in [7, 11) is 0. The maximum atomic E-state index is 6.26. The van der Waals surface area contributed by atoms with Gasteiger partial charge in [-0.1, -0.05) is 18.5 Å². The molecule has 0 spiro atoms. The quantitative estimate of drug-likeness (QED) is 0.919. The minimum Gasteiger partial charge on any atom is -0.356 e. The van der Waals surface area contributed by atoms with Gasteiger partial charge >= 0.3 is 0 Å². The Balaban J connectivity index is 1.52. The van der Waals surface area contributed by atoms with E-state index in [9.17, 15) is 0 Å². The number of hydrogen-bond acceptors (Lipinski definition) is 5. The van der Waals surface area contributed by atoms with Crippen molar-refractivity contribution in [1.82, 2.24) is 15.0 Å². The third kappa shape index (κ3) is 3.39. The average Bonchev–Trinajstić information content (AvgIpc) is 3.29. The molecule has 0 aromatic carbocycles. The summed E-state index contributed by atoms with van der Waals surface area (Å²) in [5, 5.41) is 3.89. The van der Waals surface area contributed by atoms with Gasteiger partial charge in [0.1, 0.15) is 17.5 Å². The number of rotatable bonds is 4. The van der Waals surface area contributed by atoms with E-state index in [0.717, 1.165) is 24.6 Å². The zero-order valence-electron chi connectivity index (χ0n) is 13.2. The molecule has 3 heterocycles. The zero-order chi connectivity index (χ0) is 15.8. The van der Waals surface area contributed by atoms with Gasteiger partial charge in [-0.2, -0.15) is 0 Å². The molecule has 0 radical (unpaired) electrons. The highest BCUT2D eigenvalue weighted by molar-refractivity contribution is 6.31. The van der Waals surface area contributed by atoms with Gasteiger partial charge in [0.15, 0.2) is 0 Å². The lowest BCUT2D eigenvalue weighted by Gasteiger charge is -2.18. The highest BCUT2D eigenvalue weighted by Gasteiger charge is 2.25. The van der Waals surface area contributed by atoms with E-state index >= 15 is 0 Å². The first-order valence-electron chi connectivity index (χ1n) is 8.19. The van der Waals surface area contributed by atoms with Crippen LogP contribution in [0.25, 0.3) is 0 Å². The Labute approximate surface area is 141 Å². The fourth-order valence-corrected chi connectivity index (χ4v) is 3.18. The summed E-state index contributed by atoms with van der Waals surface area (Å²) in [5.74, 6) is 3.65. The number of nitrogens with one attached hydrogen (secondary N) is 1. The van der Waals surface area contributed by atoms with Crippen LogP contribution in [0.1, 0.15) is 37.8 Å². The molecule has 1 aliphatic heterocycles. The van der Waals surface area contributed by atoms with Crippen LogP contribution >= 0.6 is 11.6 Å². The highest BCUT2D eigenvalue weighted by atomic mass is 35.5. The van der Waals surface area contributed by atoms with Crippen LogP contribution in [0.4, 0.5) is 17.5 Å². The summed E-state index contributed by atoms with van der Waals surface area (Å²) in [5.41, 5.74) is 1.08. The summed E-state index contributed by atoms with van der Waals surface area (Å²) in [4.78, 5) is 15.9. The summed E-state index contributed by atoms with van der Waals surface area (Å²) < 4.78 is 0. The van der Waals surface area contributed by atoms with Crippen LogP contribution in [0.3, 0.4) is 0 Å². The van der Waals surface area contributed by atoms with E-state index in [2.05, 4.69) is 32.1 Å². The van der Waals surface area contributed by atoms with Gasteiger partial charge in [0.25, 0.3) is 0 Å². The van der Waals surface area contributed by atoms with Crippen molar-refractivity contribution in [2.75, 3.05) is 23.3 Å². The Bertz CT molecular complexity index is 699. The van der Waals surface area contributed by atoms with Gasteiger partial charge < -0.3 is 10.2 Å². The first kappa shape index (κ1) is 14.7. The van der Waals surface area contributed by atoms with E-state index in [1.165, 1.54) is 19.3 Å². The van der Waals surface area contributed by atoms with Crippen LogP contribution in [0.2, 0.25) is 5.02 Å². The van der Waals surface area contributed by atoms with Crippen molar-refractivity contribution < 1.29 is 0 Å². The van der Waals surface area contributed by atoms with Crippen LogP contribution in [-0.4, -0.2) is 28.0 Å². The van der Waals surface area contributed by atoms with Gasteiger partial charge in [-0.25, -0.2) is 9.97 Å². The number of pyridine rings is 1. The van der Waals surface area contributed by atoms with Gasteiger partial charge in [-0.3, -0.25) is 4.98 Å². The summed E-state index contributed by atoms with van der Waals surface area (Å²) in [6.45, 7) is 4.33. The Morgan fingerprint density at radius 3 is 2.65 bits per heavy atom. The molecule has 2 aromatic rings. The summed E-state index contributed by atoms with van der Waals surface area (Å²) in [6.07, 6.45) is 7.29. The Kier molecular flexibility index (Phi) is 3.81. The number of nitrogens with zero attached hydrogens (tertiary/aromatic N) is 4. The molecule has 1 atom stereocenters. The van der Waals surface area contributed by atoms with Crippen molar-refractivity contribution in [2.24, 2.45) is 5.92 Å². The smallest absolute Gasteiger partial charge is 0.150 e. The fourth-order valence-electron chi connectivity index (χ4n) is 2.98. The first-order valence-corrected chi connectivity index (χ1v) is 8.56. The molecule has 0 bridgehead atoms. The molecule has 2 fully saturated rings. The summed E-state index contributed by atoms with van der Waals surface area (Å²) in [6, 6.07) is 3.74. The van der Waals surface area contributed by atoms with Crippen LogP contribution < -0.4 is 10.2 Å². The van der Waals surface area contributed by atoms with Crippen LogP contribution in [0.5, 0.6) is 0 Å². The monoisotopic (exact) mass is 329 g/mol. The molecule has 4 rings (SSSR count). The molecule has 23 heavy (non-hydrogen) atoms. The molecule has 6 heteroatoms. The highest BCUT2D eigenvalue weighted by Crippen LogP contribution is 2.38. The fraction of sp³-hybridized carbons (Fsp3) is 0.471. The minimum atomic E-state index is 0.615. The van der Waals surface area contributed by atoms with E-state index in [4.69, 9.17) is 11.6 Å². The molecule has 120 valence electrons. The number of aromatic nitrogens is 3. The first-order chi connectivity index (χ1) is 11.2. The normalized spacial score (nSPS) is 20.8. The number of hydrogen-bond donors (Lipinski definition) is 1. The largest absolute Gasteiger partial charge is 0.356 e. The predicted molar refractivity (Wildman–Crippen MR) is 92.5 cm³/mol. The third-order valence-electron chi connectivity index (χ3n) is 4.45. The van der Waals surface area contributed by atoms with Crippen LogP contribution in [0, 0.1) is 5.92 Å². The van der Waals surface area contributed by atoms with Gasteiger partial charge in [0.2, 0.25) is 0 Å². The second-order valence-electron chi connectivity index (χ2n) is 6.59. The maximum Gasteiger partial charge on any atom is 0.150 e. The van der Waals surface area contributed by atoms with E-state index in [1.54, 1.807) is 6.20 Å². The Morgan fingerprint density at radius 1 is 1.13 bits per heavy atom. The molecule has 1 saturated carbocycles. The average molecular weight is 330 g/mol. The molecular formula is C17H20ClN5. The van der Waals surface area contributed by atoms with E-state index in [1.807, 2.05) is 18.3 Å². The van der Waals surface area contributed by atoms with Crippen molar-refractivity contribution in [3.63, 3.8) is 0 Å². The summed E-state index contributed by atoms with van der Waals surface area (Å²) >= 11 is 6.26. The van der Waals surface area contributed by atoms with E-state index in [-0.39, 0.29) is 0 Å². The lowest BCUT2D eigenvalue weighted by Crippen LogP contribution is -2.20. The molecule has 2 aromatic heterocycles. The zero-order valence-corrected chi connectivity index (χ0v) is 13.9. The molecule has 1 saturated heterocycles. The van der Waals surface area contributed by atoms with Gasteiger partial charge in [-0.15, -0.1) is 0 Å². The van der Waals surface area contributed by atoms with Gasteiger partial charge in [0, 0.05) is 24.0 Å². The molecule has 2 aliphatic rings. The maximum absolute atomic E-state index is 6.26. The van der Waals surface area contributed by atoms with Crippen molar-refractivity contribution in [3.05, 3.63) is 35.2 Å². The third-order valence-corrected chi connectivity index (χ3v) is 4.67.